The van der Waals surface area contributed by atoms with Crippen molar-refractivity contribution in [2.75, 3.05) is 32.5 Å². The van der Waals surface area contributed by atoms with Crippen LogP contribution in [0.3, 0.4) is 0 Å². The number of hydrogen-bond acceptors (Lipinski definition) is 3. The standard InChI is InChI=1S/C19H21F2N3O2/c1-24(2)10-4-9-22-18(25)13-5-3-6-14(11-13)19(26)23-15-7-8-16(20)17(21)12-15/h3,5-8,11-12H,4,9-10H2,1-2H3,(H,22,25)(H,23,26). The molecular weight excluding hydrogens is 340 g/mol. The molecule has 5 nitrogen and oxygen atoms in total. The first kappa shape index (κ1) is 19.5. The molecule has 0 atom stereocenters. The Morgan fingerprint density at radius 2 is 1.65 bits per heavy atom. The number of nitrogens with one attached hydrogen (secondary N) is 2. The van der Waals surface area contributed by atoms with Gasteiger partial charge in [0.25, 0.3) is 11.8 Å². The van der Waals surface area contributed by atoms with Crippen LogP contribution >= 0.6 is 0 Å². The molecule has 0 unspecified atom stereocenters. The van der Waals surface area contributed by atoms with E-state index in [2.05, 4.69) is 10.6 Å². The molecule has 7 heteroatoms. The Kier molecular flexibility index (Phi) is 6.80. The van der Waals surface area contributed by atoms with Gasteiger partial charge in [0.15, 0.2) is 11.6 Å². The Hall–Kier alpha value is -2.80. The number of amides is 2. The van der Waals surface area contributed by atoms with Crippen molar-refractivity contribution in [3.63, 3.8) is 0 Å². The summed E-state index contributed by atoms with van der Waals surface area (Å²) in [4.78, 5) is 26.4. The van der Waals surface area contributed by atoms with E-state index in [1.54, 1.807) is 12.1 Å². The van der Waals surface area contributed by atoms with Crippen LogP contribution in [0.5, 0.6) is 0 Å². The van der Waals surface area contributed by atoms with Crippen LogP contribution in [0.4, 0.5) is 14.5 Å². The van der Waals surface area contributed by atoms with Crippen LogP contribution in [0, 0.1) is 11.6 Å². The highest BCUT2D eigenvalue weighted by atomic mass is 19.2. The van der Waals surface area contributed by atoms with E-state index in [1.165, 1.54) is 18.2 Å². The second kappa shape index (κ2) is 9.05. The SMILES string of the molecule is CN(C)CCCNC(=O)c1cccc(C(=O)Nc2ccc(F)c(F)c2)c1. The Morgan fingerprint density at radius 1 is 0.962 bits per heavy atom. The fourth-order valence-electron chi connectivity index (χ4n) is 2.28. The molecule has 0 aliphatic rings. The average molecular weight is 361 g/mol. The minimum absolute atomic E-state index is 0.132. The smallest absolute Gasteiger partial charge is 0.255 e. The zero-order chi connectivity index (χ0) is 19.1. The van der Waals surface area contributed by atoms with Crippen LogP contribution in [-0.4, -0.2) is 43.9 Å². The summed E-state index contributed by atoms with van der Waals surface area (Å²) in [6.45, 7) is 1.39. The van der Waals surface area contributed by atoms with Crippen molar-refractivity contribution < 1.29 is 18.4 Å². The van der Waals surface area contributed by atoms with Gasteiger partial charge >= 0.3 is 0 Å². The van der Waals surface area contributed by atoms with Crippen molar-refractivity contribution >= 4 is 17.5 Å². The molecule has 2 aromatic rings. The molecule has 0 aliphatic heterocycles. The maximum atomic E-state index is 13.2. The van der Waals surface area contributed by atoms with Crippen LogP contribution in [0.15, 0.2) is 42.5 Å². The van der Waals surface area contributed by atoms with Crippen molar-refractivity contribution in [1.82, 2.24) is 10.2 Å². The van der Waals surface area contributed by atoms with Crippen LogP contribution < -0.4 is 10.6 Å². The molecule has 0 heterocycles. The van der Waals surface area contributed by atoms with E-state index in [1.807, 2.05) is 19.0 Å². The van der Waals surface area contributed by atoms with Crippen molar-refractivity contribution in [1.29, 1.82) is 0 Å². The number of hydrogen-bond donors (Lipinski definition) is 2. The first-order valence-electron chi connectivity index (χ1n) is 8.16. The second-order valence-corrected chi connectivity index (χ2v) is 6.08. The molecule has 138 valence electrons. The number of halogens is 2. The fourth-order valence-corrected chi connectivity index (χ4v) is 2.28. The van der Waals surface area contributed by atoms with Crippen LogP contribution in [-0.2, 0) is 0 Å². The minimum Gasteiger partial charge on any atom is -0.352 e. The third-order valence-electron chi connectivity index (χ3n) is 3.63. The molecule has 0 spiro atoms. The van der Waals surface area contributed by atoms with E-state index in [4.69, 9.17) is 0 Å². The van der Waals surface area contributed by atoms with Crippen LogP contribution in [0.2, 0.25) is 0 Å². The zero-order valence-corrected chi connectivity index (χ0v) is 14.7. The van der Waals surface area contributed by atoms with Gasteiger partial charge in [-0.1, -0.05) is 6.07 Å². The summed E-state index contributed by atoms with van der Waals surface area (Å²) in [7, 11) is 3.91. The highest BCUT2D eigenvalue weighted by molar-refractivity contribution is 6.06. The molecule has 2 N–H and O–H groups in total. The quantitative estimate of drug-likeness (QED) is 0.746. The molecule has 0 saturated heterocycles. The number of carbonyl (C=O) groups is 2. The Labute approximate surface area is 151 Å². The number of benzene rings is 2. The van der Waals surface area contributed by atoms with Gasteiger partial charge in [0.05, 0.1) is 0 Å². The predicted octanol–water partition coefficient (Wildman–Crippen LogP) is 2.90. The molecule has 2 rings (SSSR count). The van der Waals surface area contributed by atoms with Gasteiger partial charge in [0, 0.05) is 29.4 Å². The highest BCUT2D eigenvalue weighted by Crippen LogP contribution is 2.15. The topological polar surface area (TPSA) is 61.4 Å². The average Bonchev–Trinajstić information content (AvgIpc) is 2.61. The molecule has 0 aliphatic carbocycles. The van der Waals surface area contributed by atoms with Crippen molar-refractivity contribution in [2.45, 2.75) is 6.42 Å². The van der Waals surface area contributed by atoms with Gasteiger partial charge < -0.3 is 15.5 Å². The third-order valence-corrected chi connectivity index (χ3v) is 3.63. The Morgan fingerprint density at radius 3 is 2.31 bits per heavy atom. The lowest BCUT2D eigenvalue weighted by molar-refractivity contribution is 0.0952. The van der Waals surface area contributed by atoms with E-state index in [9.17, 15) is 18.4 Å². The van der Waals surface area contributed by atoms with E-state index in [0.717, 1.165) is 25.1 Å². The largest absolute Gasteiger partial charge is 0.352 e. The van der Waals surface area contributed by atoms with Crippen molar-refractivity contribution in [3.8, 4) is 0 Å². The first-order chi connectivity index (χ1) is 12.4. The van der Waals surface area contributed by atoms with Gasteiger partial charge in [-0.25, -0.2) is 8.78 Å². The van der Waals surface area contributed by atoms with Crippen LogP contribution in [0.25, 0.3) is 0 Å². The van der Waals surface area contributed by atoms with E-state index < -0.39 is 17.5 Å². The van der Waals surface area contributed by atoms with Gasteiger partial charge in [0.1, 0.15) is 0 Å². The number of nitrogens with zero attached hydrogens (tertiary/aromatic N) is 1. The van der Waals surface area contributed by atoms with E-state index >= 15 is 0 Å². The van der Waals surface area contributed by atoms with E-state index in [-0.39, 0.29) is 17.2 Å². The van der Waals surface area contributed by atoms with Gasteiger partial charge in [-0.15, -0.1) is 0 Å². The molecule has 0 saturated carbocycles. The van der Waals surface area contributed by atoms with Crippen LogP contribution in [0.1, 0.15) is 27.1 Å². The highest BCUT2D eigenvalue weighted by Gasteiger charge is 2.12. The maximum absolute atomic E-state index is 13.2. The normalized spacial score (nSPS) is 10.7. The van der Waals surface area contributed by atoms with Crippen molar-refractivity contribution in [3.05, 3.63) is 65.2 Å². The molecule has 2 amide bonds. The monoisotopic (exact) mass is 361 g/mol. The summed E-state index contributed by atoms with van der Waals surface area (Å²) in [5, 5.41) is 5.27. The van der Waals surface area contributed by atoms with Gasteiger partial charge in [-0.3, -0.25) is 9.59 Å². The lowest BCUT2D eigenvalue weighted by Crippen LogP contribution is -2.27. The fraction of sp³-hybridized carbons (Fsp3) is 0.263. The molecule has 0 fully saturated rings. The van der Waals surface area contributed by atoms with Gasteiger partial charge in [0.2, 0.25) is 0 Å². The molecular formula is C19H21F2N3O2. The maximum Gasteiger partial charge on any atom is 0.255 e. The van der Waals surface area contributed by atoms with E-state index in [0.29, 0.717) is 12.1 Å². The Bertz CT molecular complexity index is 794. The number of anilines is 1. The molecule has 26 heavy (non-hydrogen) atoms. The first-order valence-corrected chi connectivity index (χ1v) is 8.16. The third kappa shape index (κ3) is 5.63. The summed E-state index contributed by atoms with van der Waals surface area (Å²) in [6.07, 6.45) is 0.815. The number of carbonyl (C=O) groups excluding carboxylic acids is 2. The predicted molar refractivity (Wildman–Crippen MR) is 96.3 cm³/mol. The second-order valence-electron chi connectivity index (χ2n) is 6.08. The summed E-state index contributed by atoms with van der Waals surface area (Å²) < 4.78 is 26.2. The van der Waals surface area contributed by atoms with Gasteiger partial charge in [-0.05, 0) is 57.4 Å². The number of rotatable bonds is 7. The lowest BCUT2D eigenvalue weighted by Gasteiger charge is -2.10. The zero-order valence-electron chi connectivity index (χ0n) is 14.7. The molecule has 0 bridgehead atoms. The van der Waals surface area contributed by atoms with Crippen molar-refractivity contribution in [2.24, 2.45) is 0 Å². The molecule has 2 aromatic carbocycles. The Balaban J connectivity index is 1.99. The summed E-state index contributed by atoms with van der Waals surface area (Å²) in [5.41, 5.74) is 0.732. The summed E-state index contributed by atoms with van der Waals surface area (Å²) >= 11 is 0. The summed E-state index contributed by atoms with van der Waals surface area (Å²) in [5.74, 6) is -2.82. The molecule has 0 radical (unpaired) electrons. The summed E-state index contributed by atoms with van der Waals surface area (Å²) in [6, 6.07) is 9.29. The lowest BCUT2D eigenvalue weighted by atomic mass is 10.1. The van der Waals surface area contributed by atoms with Gasteiger partial charge in [-0.2, -0.15) is 0 Å². The minimum atomic E-state index is -1.05. The molecule has 0 aromatic heterocycles.